The van der Waals surface area contributed by atoms with Gasteiger partial charge in [-0.15, -0.1) is 0 Å². The molecule has 0 aliphatic heterocycles. The second kappa shape index (κ2) is 7.10. The van der Waals surface area contributed by atoms with Gasteiger partial charge in [0.2, 0.25) is 17.6 Å². The summed E-state index contributed by atoms with van der Waals surface area (Å²) in [4.78, 5) is 16.2. The van der Waals surface area contributed by atoms with Gasteiger partial charge in [-0.3, -0.25) is 4.79 Å². The Morgan fingerprint density at radius 2 is 2.35 bits per heavy atom. The molecule has 1 aromatic heterocycles. The Bertz CT molecular complexity index is 685. The third-order valence-corrected chi connectivity index (χ3v) is 3.85. The van der Waals surface area contributed by atoms with Crippen LogP contribution in [0.3, 0.4) is 0 Å². The number of hydrogen-bond acceptors (Lipinski definition) is 5. The maximum atomic E-state index is 11.9. The zero-order valence-corrected chi connectivity index (χ0v) is 13.5. The van der Waals surface area contributed by atoms with Crippen LogP contribution in [0, 0.1) is 5.92 Å². The first-order valence-electron chi connectivity index (χ1n) is 7.59. The maximum Gasteiger partial charge on any atom is 0.249 e. The van der Waals surface area contributed by atoms with Crippen molar-refractivity contribution in [2.45, 2.75) is 32.4 Å². The van der Waals surface area contributed by atoms with E-state index in [1.54, 1.807) is 19.1 Å². The molecule has 1 atom stereocenters. The summed E-state index contributed by atoms with van der Waals surface area (Å²) in [6, 6.07) is 7.18. The third kappa shape index (κ3) is 4.53. The molecule has 2 aromatic rings. The zero-order valence-electron chi connectivity index (χ0n) is 12.8. The van der Waals surface area contributed by atoms with Gasteiger partial charge in [0.05, 0.1) is 13.2 Å². The Labute approximate surface area is 139 Å². The van der Waals surface area contributed by atoms with Crippen molar-refractivity contribution in [1.82, 2.24) is 15.5 Å². The van der Waals surface area contributed by atoms with Gasteiger partial charge in [-0.25, -0.2) is 0 Å². The molecule has 7 heteroatoms. The van der Waals surface area contributed by atoms with Crippen molar-refractivity contribution in [2.75, 3.05) is 6.61 Å². The number of rotatable bonds is 7. The number of amides is 1. The van der Waals surface area contributed by atoms with Crippen LogP contribution in [0.25, 0.3) is 11.4 Å². The molecule has 1 N–H and O–H groups in total. The van der Waals surface area contributed by atoms with Crippen LogP contribution in [-0.2, 0) is 16.1 Å². The summed E-state index contributed by atoms with van der Waals surface area (Å²) in [5.74, 6) is 1.21. The molecule has 1 unspecified atom stereocenters. The van der Waals surface area contributed by atoms with E-state index in [1.165, 1.54) is 12.8 Å². The summed E-state index contributed by atoms with van der Waals surface area (Å²) >= 11 is 5.94. The lowest BCUT2D eigenvalue weighted by Crippen LogP contribution is -2.34. The summed E-state index contributed by atoms with van der Waals surface area (Å²) in [5, 5.41) is 7.22. The van der Waals surface area contributed by atoms with Crippen molar-refractivity contribution < 1.29 is 14.1 Å². The summed E-state index contributed by atoms with van der Waals surface area (Å²) in [5.41, 5.74) is 0.764. The number of nitrogens with one attached hydrogen (secondary N) is 1. The van der Waals surface area contributed by atoms with Crippen LogP contribution in [0.2, 0.25) is 5.02 Å². The summed E-state index contributed by atoms with van der Waals surface area (Å²) < 4.78 is 10.6. The minimum atomic E-state index is -0.481. The van der Waals surface area contributed by atoms with E-state index in [1.807, 2.05) is 12.1 Å². The molecule has 1 aliphatic rings. The standard InChI is InChI=1S/C16H18ClN3O3/c1-10(22-9-11-5-6-11)16(21)18-8-14-19-15(20-23-14)12-3-2-4-13(17)7-12/h2-4,7,10-11H,5-6,8-9H2,1H3,(H,18,21). The second-order valence-corrected chi connectivity index (χ2v) is 6.10. The molecule has 122 valence electrons. The number of carbonyl (C=O) groups is 1. The normalized spacial score (nSPS) is 15.4. The van der Waals surface area contributed by atoms with E-state index < -0.39 is 6.10 Å². The lowest BCUT2D eigenvalue weighted by Gasteiger charge is -2.11. The number of ether oxygens (including phenoxy) is 1. The van der Waals surface area contributed by atoms with Crippen LogP contribution < -0.4 is 5.32 Å². The highest BCUT2D eigenvalue weighted by Gasteiger charge is 2.24. The largest absolute Gasteiger partial charge is 0.368 e. The molecule has 0 bridgehead atoms. The molecule has 1 amide bonds. The van der Waals surface area contributed by atoms with Crippen molar-refractivity contribution >= 4 is 17.5 Å². The Kier molecular flexibility index (Phi) is 4.93. The highest BCUT2D eigenvalue weighted by molar-refractivity contribution is 6.30. The molecule has 23 heavy (non-hydrogen) atoms. The van der Waals surface area contributed by atoms with Crippen molar-refractivity contribution in [2.24, 2.45) is 5.92 Å². The van der Waals surface area contributed by atoms with E-state index in [9.17, 15) is 4.79 Å². The Balaban J connectivity index is 1.51. The Hall–Kier alpha value is -1.92. The van der Waals surface area contributed by atoms with Crippen LogP contribution in [0.15, 0.2) is 28.8 Å². The fourth-order valence-electron chi connectivity index (χ4n) is 2.02. The molecular formula is C16H18ClN3O3. The van der Waals surface area contributed by atoms with Crippen molar-refractivity contribution in [1.29, 1.82) is 0 Å². The Morgan fingerprint density at radius 3 is 3.09 bits per heavy atom. The van der Waals surface area contributed by atoms with E-state index in [0.717, 1.165) is 5.56 Å². The van der Waals surface area contributed by atoms with Crippen LogP contribution in [0.5, 0.6) is 0 Å². The highest BCUT2D eigenvalue weighted by atomic mass is 35.5. The van der Waals surface area contributed by atoms with Gasteiger partial charge < -0.3 is 14.6 Å². The second-order valence-electron chi connectivity index (χ2n) is 5.66. The van der Waals surface area contributed by atoms with Crippen molar-refractivity contribution in [3.8, 4) is 11.4 Å². The first-order chi connectivity index (χ1) is 11.1. The predicted molar refractivity (Wildman–Crippen MR) is 84.7 cm³/mol. The topological polar surface area (TPSA) is 77.2 Å². The monoisotopic (exact) mass is 335 g/mol. The number of aromatic nitrogens is 2. The van der Waals surface area contributed by atoms with E-state index in [4.69, 9.17) is 20.9 Å². The van der Waals surface area contributed by atoms with Crippen molar-refractivity contribution in [3.05, 3.63) is 35.2 Å². The number of nitrogens with zero attached hydrogens (tertiary/aromatic N) is 2. The fourth-order valence-corrected chi connectivity index (χ4v) is 2.21. The molecule has 1 fully saturated rings. The van der Waals surface area contributed by atoms with Gasteiger partial charge in [0.25, 0.3) is 0 Å². The van der Waals surface area contributed by atoms with Gasteiger partial charge in [-0.05, 0) is 37.8 Å². The lowest BCUT2D eigenvalue weighted by atomic mass is 10.2. The average molecular weight is 336 g/mol. The smallest absolute Gasteiger partial charge is 0.249 e. The molecule has 0 radical (unpaired) electrons. The number of halogens is 1. The van der Waals surface area contributed by atoms with Gasteiger partial charge in [-0.2, -0.15) is 4.98 Å². The fraction of sp³-hybridized carbons (Fsp3) is 0.438. The molecule has 3 rings (SSSR count). The SMILES string of the molecule is CC(OCC1CC1)C(=O)NCc1nc(-c2cccc(Cl)c2)no1. The molecular weight excluding hydrogens is 318 g/mol. The van der Waals surface area contributed by atoms with E-state index in [0.29, 0.717) is 29.3 Å². The van der Waals surface area contributed by atoms with Crippen LogP contribution in [0.4, 0.5) is 0 Å². The molecule has 1 heterocycles. The van der Waals surface area contributed by atoms with Gasteiger partial charge >= 0.3 is 0 Å². The number of hydrogen-bond donors (Lipinski definition) is 1. The predicted octanol–water partition coefficient (Wildman–Crippen LogP) is 2.82. The van der Waals surface area contributed by atoms with Gasteiger partial charge in [-0.1, -0.05) is 28.9 Å². The maximum absolute atomic E-state index is 11.9. The molecule has 1 saturated carbocycles. The minimum absolute atomic E-state index is 0.170. The van der Waals surface area contributed by atoms with E-state index in [-0.39, 0.29) is 12.5 Å². The first-order valence-corrected chi connectivity index (χ1v) is 7.97. The first kappa shape index (κ1) is 16.0. The van der Waals surface area contributed by atoms with Crippen LogP contribution in [0.1, 0.15) is 25.7 Å². The molecule has 1 aromatic carbocycles. The van der Waals surface area contributed by atoms with E-state index in [2.05, 4.69) is 15.5 Å². The van der Waals surface area contributed by atoms with Gasteiger partial charge in [0.15, 0.2) is 0 Å². The average Bonchev–Trinajstić information content (AvgIpc) is 3.26. The molecule has 1 aliphatic carbocycles. The summed E-state index contributed by atoms with van der Waals surface area (Å²) in [6.45, 7) is 2.56. The Morgan fingerprint density at radius 1 is 1.52 bits per heavy atom. The third-order valence-electron chi connectivity index (χ3n) is 3.61. The van der Waals surface area contributed by atoms with Gasteiger partial charge in [0, 0.05) is 10.6 Å². The van der Waals surface area contributed by atoms with Crippen LogP contribution >= 0.6 is 11.6 Å². The highest BCUT2D eigenvalue weighted by Crippen LogP contribution is 2.29. The quantitative estimate of drug-likeness (QED) is 0.841. The number of carbonyl (C=O) groups excluding carboxylic acids is 1. The zero-order chi connectivity index (χ0) is 16.2. The molecule has 6 nitrogen and oxygen atoms in total. The minimum Gasteiger partial charge on any atom is -0.368 e. The summed E-state index contributed by atoms with van der Waals surface area (Å²) in [7, 11) is 0. The molecule has 0 saturated heterocycles. The van der Waals surface area contributed by atoms with Crippen molar-refractivity contribution in [3.63, 3.8) is 0 Å². The van der Waals surface area contributed by atoms with Gasteiger partial charge in [0.1, 0.15) is 6.10 Å². The molecule has 0 spiro atoms. The lowest BCUT2D eigenvalue weighted by molar-refractivity contribution is -0.132. The van der Waals surface area contributed by atoms with Crippen LogP contribution in [-0.4, -0.2) is 28.8 Å². The number of benzene rings is 1. The van der Waals surface area contributed by atoms with E-state index >= 15 is 0 Å². The summed E-state index contributed by atoms with van der Waals surface area (Å²) in [6.07, 6.45) is 1.91.